The number of amides is 4. The van der Waals surface area contributed by atoms with Crippen LogP contribution in [-0.4, -0.2) is 96.1 Å². The van der Waals surface area contributed by atoms with Crippen molar-refractivity contribution in [1.29, 1.82) is 0 Å². The Bertz CT molecular complexity index is 1280. The molecule has 0 saturated carbocycles. The summed E-state index contributed by atoms with van der Waals surface area (Å²) in [7, 11) is 3.31. The Morgan fingerprint density at radius 3 is 2.16 bits per heavy atom. The molecule has 2 aromatic rings. The SMILES string of the molecule is CCN(CCN(CC(=O)N(C)N1Cc2ccccc2C1)C(=O)CNc1cc(C(=O)NNC)ccc1C)C(=O)OC(C)(C)C. The van der Waals surface area contributed by atoms with Crippen molar-refractivity contribution in [3.05, 3.63) is 64.7 Å². The molecular weight excluding hydrogens is 550 g/mol. The van der Waals surface area contributed by atoms with Gasteiger partial charge in [-0.15, -0.1) is 0 Å². The molecule has 0 spiro atoms. The number of nitrogens with zero attached hydrogens (tertiary/aromatic N) is 4. The lowest BCUT2D eigenvalue weighted by molar-refractivity contribution is -0.151. The summed E-state index contributed by atoms with van der Waals surface area (Å²) >= 11 is 0. The van der Waals surface area contributed by atoms with Crippen LogP contribution in [0.4, 0.5) is 10.5 Å². The highest BCUT2D eigenvalue weighted by Crippen LogP contribution is 2.23. The predicted octanol–water partition coefficient (Wildman–Crippen LogP) is 2.75. The zero-order valence-electron chi connectivity index (χ0n) is 26.3. The second-order valence-electron chi connectivity index (χ2n) is 11.5. The van der Waals surface area contributed by atoms with Crippen LogP contribution >= 0.6 is 0 Å². The third-order valence-corrected chi connectivity index (χ3v) is 7.13. The molecule has 0 radical (unpaired) electrons. The summed E-state index contributed by atoms with van der Waals surface area (Å²) in [5.74, 6) is -0.877. The van der Waals surface area contributed by atoms with Gasteiger partial charge in [-0.25, -0.2) is 15.2 Å². The first kappa shape index (κ1) is 33.3. The van der Waals surface area contributed by atoms with Crippen LogP contribution in [0, 0.1) is 6.92 Å². The predicted molar refractivity (Wildman–Crippen MR) is 165 cm³/mol. The summed E-state index contributed by atoms with van der Waals surface area (Å²) in [6.45, 7) is 10.7. The van der Waals surface area contributed by atoms with Crippen LogP contribution in [0.25, 0.3) is 0 Å². The van der Waals surface area contributed by atoms with Crippen LogP contribution in [0.5, 0.6) is 0 Å². The van der Waals surface area contributed by atoms with Gasteiger partial charge in [0.05, 0.1) is 6.54 Å². The van der Waals surface area contributed by atoms with Crippen molar-refractivity contribution >= 4 is 29.5 Å². The largest absolute Gasteiger partial charge is 0.444 e. The summed E-state index contributed by atoms with van der Waals surface area (Å²) in [6, 6.07) is 13.2. The fraction of sp³-hybridized carbons (Fsp3) is 0.484. The van der Waals surface area contributed by atoms with Gasteiger partial charge in [-0.2, -0.15) is 0 Å². The Morgan fingerprint density at radius 2 is 1.58 bits per heavy atom. The fourth-order valence-corrected chi connectivity index (χ4v) is 4.61. The molecule has 1 aliphatic rings. The number of fused-ring (bicyclic) bond motifs is 1. The molecule has 0 atom stereocenters. The number of anilines is 1. The number of likely N-dealkylation sites (N-methyl/N-ethyl adjacent to an activating group) is 2. The van der Waals surface area contributed by atoms with E-state index >= 15 is 0 Å². The average molecular weight is 596 g/mol. The molecule has 3 rings (SSSR count). The lowest BCUT2D eigenvalue weighted by atomic mass is 10.1. The summed E-state index contributed by atoms with van der Waals surface area (Å²) in [4.78, 5) is 55.0. The van der Waals surface area contributed by atoms with Gasteiger partial charge in [0, 0.05) is 58.1 Å². The molecule has 1 heterocycles. The van der Waals surface area contributed by atoms with E-state index in [-0.39, 0.29) is 43.9 Å². The zero-order chi connectivity index (χ0) is 31.7. The Hall–Kier alpha value is -4.16. The van der Waals surface area contributed by atoms with Crippen molar-refractivity contribution in [1.82, 2.24) is 30.7 Å². The van der Waals surface area contributed by atoms with E-state index in [1.807, 2.05) is 43.1 Å². The molecule has 3 N–H and O–H groups in total. The number of rotatable bonds is 12. The highest BCUT2D eigenvalue weighted by molar-refractivity contribution is 5.95. The molecule has 4 amide bonds. The third-order valence-electron chi connectivity index (χ3n) is 7.13. The van der Waals surface area contributed by atoms with Gasteiger partial charge in [0.2, 0.25) is 5.91 Å². The number of benzene rings is 2. The number of carbonyl (C=O) groups is 4. The zero-order valence-corrected chi connectivity index (χ0v) is 26.3. The van der Waals surface area contributed by atoms with Crippen LogP contribution < -0.4 is 16.2 Å². The fourth-order valence-electron chi connectivity index (χ4n) is 4.61. The lowest BCUT2D eigenvalue weighted by Gasteiger charge is -2.32. The van der Waals surface area contributed by atoms with E-state index in [4.69, 9.17) is 4.74 Å². The van der Waals surface area contributed by atoms with E-state index < -0.39 is 11.7 Å². The van der Waals surface area contributed by atoms with Crippen molar-refractivity contribution in [2.45, 2.75) is 53.3 Å². The van der Waals surface area contributed by atoms with Crippen LogP contribution in [0.1, 0.15) is 54.7 Å². The molecule has 234 valence electrons. The minimum Gasteiger partial charge on any atom is -0.444 e. The molecule has 1 aliphatic heterocycles. The Labute approximate surface area is 254 Å². The van der Waals surface area contributed by atoms with Crippen molar-refractivity contribution in [3.8, 4) is 0 Å². The first-order valence-electron chi connectivity index (χ1n) is 14.5. The number of hydrazine groups is 2. The lowest BCUT2D eigenvalue weighted by Crippen LogP contribution is -2.50. The maximum Gasteiger partial charge on any atom is 0.410 e. The van der Waals surface area contributed by atoms with Crippen molar-refractivity contribution < 1.29 is 23.9 Å². The van der Waals surface area contributed by atoms with E-state index in [2.05, 4.69) is 16.2 Å². The van der Waals surface area contributed by atoms with Gasteiger partial charge in [0.1, 0.15) is 12.1 Å². The standard InChI is InChI=1S/C31H45N7O5/c1-8-36(30(42)43-31(3,4)5)15-16-37(21-28(40)35(7)38-19-24-11-9-10-12-25(24)20-38)27(39)18-33-26-17-23(14-13-22(26)2)29(41)34-32-6/h9-14,17,32-33H,8,15-16,18-21H2,1-7H3,(H,34,41). The van der Waals surface area contributed by atoms with Crippen molar-refractivity contribution in [2.75, 3.05) is 52.1 Å². The molecule has 0 saturated heterocycles. The van der Waals surface area contributed by atoms with Crippen molar-refractivity contribution in [2.24, 2.45) is 0 Å². The molecule has 43 heavy (non-hydrogen) atoms. The number of ether oxygens (including phenoxy) is 1. The first-order valence-corrected chi connectivity index (χ1v) is 14.5. The summed E-state index contributed by atoms with van der Waals surface area (Å²) in [6.07, 6.45) is -0.480. The van der Waals surface area contributed by atoms with Gasteiger partial charge >= 0.3 is 6.09 Å². The van der Waals surface area contributed by atoms with Gasteiger partial charge < -0.3 is 19.9 Å². The minimum absolute atomic E-state index is 0.108. The number of nitrogens with one attached hydrogen (secondary N) is 3. The number of hydrogen-bond acceptors (Lipinski definition) is 8. The summed E-state index contributed by atoms with van der Waals surface area (Å²) < 4.78 is 5.52. The molecule has 0 aromatic heterocycles. The van der Waals surface area contributed by atoms with Gasteiger partial charge in [0.15, 0.2) is 0 Å². The monoisotopic (exact) mass is 595 g/mol. The Kier molecular flexibility index (Phi) is 11.5. The maximum absolute atomic E-state index is 13.6. The third kappa shape index (κ3) is 9.42. The van der Waals surface area contributed by atoms with Gasteiger partial charge in [-0.3, -0.25) is 24.8 Å². The van der Waals surface area contributed by atoms with Crippen LogP contribution in [0.3, 0.4) is 0 Å². The highest BCUT2D eigenvalue weighted by Gasteiger charge is 2.28. The van der Waals surface area contributed by atoms with Crippen LogP contribution in [0.15, 0.2) is 42.5 Å². The molecule has 0 bridgehead atoms. The second-order valence-corrected chi connectivity index (χ2v) is 11.5. The van der Waals surface area contributed by atoms with Gasteiger partial charge in [0.25, 0.3) is 11.8 Å². The first-order chi connectivity index (χ1) is 20.3. The molecule has 0 unspecified atom stereocenters. The van der Waals surface area contributed by atoms with Gasteiger partial charge in [-0.05, 0) is 63.4 Å². The molecule has 0 fully saturated rings. The van der Waals surface area contributed by atoms with Crippen LogP contribution in [-0.2, 0) is 27.4 Å². The number of carbonyl (C=O) groups excluding carboxylic acids is 4. The van der Waals surface area contributed by atoms with E-state index in [1.54, 1.807) is 58.1 Å². The normalized spacial score (nSPS) is 12.7. The van der Waals surface area contributed by atoms with Crippen LogP contribution in [0.2, 0.25) is 0 Å². The van der Waals surface area contributed by atoms with Crippen molar-refractivity contribution in [3.63, 3.8) is 0 Å². The summed E-state index contributed by atoms with van der Waals surface area (Å²) in [5, 5.41) is 6.63. The quantitative estimate of drug-likeness (QED) is 0.320. The second kappa shape index (κ2) is 14.8. The molecule has 0 aliphatic carbocycles. The summed E-state index contributed by atoms with van der Waals surface area (Å²) in [5.41, 5.74) is 8.70. The minimum atomic E-state index is -0.660. The maximum atomic E-state index is 13.6. The molecule has 12 nitrogen and oxygen atoms in total. The Balaban J connectivity index is 1.73. The van der Waals surface area contributed by atoms with Gasteiger partial charge in [-0.1, -0.05) is 30.3 Å². The number of aryl methyl sites for hydroxylation is 1. The smallest absolute Gasteiger partial charge is 0.410 e. The molecule has 12 heteroatoms. The average Bonchev–Trinajstić information content (AvgIpc) is 3.39. The topological polar surface area (TPSA) is 127 Å². The highest BCUT2D eigenvalue weighted by atomic mass is 16.6. The van der Waals surface area contributed by atoms with E-state index in [0.717, 1.165) is 16.7 Å². The molecule has 2 aromatic carbocycles. The molecular formula is C31H45N7O5. The van der Waals surface area contributed by atoms with E-state index in [0.29, 0.717) is 30.9 Å². The Morgan fingerprint density at radius 1 is 0.953 bits per heavy atom. The number of hydrogen-bond donors (Lipinski definition) is 3. The van der Waals surface area contributed by atoms with E-state index in [9.17, 15) is 19.2 Å². The van der Waals surface area contributed by atoms with E-state index in [1.165, 1.54) is 9.80 Å².